The zero-order chi connectivity index (χ0) is 21.8. The number of ether oxygens (including phenoxy) is 2. The summed E-state index contributed by atoms with van der Waals surface area (Å²) in [6.07, 6.45) is 1.68. The average Bonchev–Trinajstić information content (AvgIpc) is 2.77. The largest absolute Gasteiger partial charge is 0.496 e. The van der Waals surface area contributed by atoms with Crippen LogP contribution in [0.1, 0.15) is 21.5 Å². The third-order valence-corrected chi connectivity index (χ3v) is 4.88. The number of hydrogen-bond acceptors (Lipinski definition) is 4. The summed E-state index contributed by atoms with van der Waals surface area (Å²) >= 11 is 0. The Morgan fingerprint density at radius 1 is 1.03 bits per heavy atom. The smallest absolute Gasteiger partial charge is 0.251 e. The number of halogens is 1. The fraction of sp³-hybridized carbons (Fsp3) is 0.120. The van der Waals surface area contributed by atoms with Crippen LogP contribution in [0, 0.1) is 12.7 Å². The van der Waals surface area contributed by atoms with E-state index in [2.05, 4.69) is 10.3 Å². The van der Waals surface area contributed by atoms with Crippen LogP contribution in [-0.4, -0.2) is 18.0 Å². The Hall–Kier alpha value is -3.93. The summed E-state index contributed by atoms with van der Waals surface area (Å²) in [6.45, 7) is 2.19. The van der Waals surface area contributed by atoms with Crippen LogP contribution in [0.25, 0.3) is 10.9 Å². The van der Waals surface area contributed by atoms with Gasteiger partial charge in [-0.15, -0.1) is 0 Å². The van der Waals surface area contributed by atoms with E-state index < -0.39 is 0 Å². The molecule has 1 aromatic heterocycles. The first kappa shape index (κ1) is 20.3. The Balaban J connectivity index is 1.54. The number of rotatable bonds is 6. The molecule has 1 amide bonds. The van der Waals surface area contributed by atoms with Crippen LogP contribution in [0.15, 0.2) is 72.9 Å². The van der Waals surface area contributed by atoms with Crippen molar-refractivity contribution in [2.45, 2.75) is 13.5 Å². The highest BCUT2D eigenvalue weighted by molar-refractivity contribution is 5.94. The van der Waals surface area contributed by atoms with Gasteiger partial charge in [0.25, 0.3) is 5.91 Å². The minimum Gasteiger partial charge on any atom is -0.496 e. The predicted octanol–water partition coefficient (Wildman–Crippen LogP) is 5.41. The zero-order valence-corrected chi connectivity index (χ0v) is 17.2. The number of methoxy groups -OCH3 is 1. The first-order chi connectivity index (χ1) is 15.0. The number of carbonyl (C=O) groups excluding carboxylic acids is 1. The Morgan fingerprint density at radius 3 is 2.68 bits per heavy atom. The molecule has 0 fully saturated rings. The predicted molar refractivity (Wildman–Crippen MR) is 117 cm³/mol. The van der Waals surface area contributed by atoms with Crippen molar-refractivity contribution in [2.24, 2.45) is 0 Å². The molecule has 0 aliphatic carbocycles. The molecule has 0 saturated carbocycles. The first-order valence-corrected chi connectivity index (χ1v) is 9.77. The van der Waals surface area contributed by atoms with Gasteiger partial charge >= 0.3 is 0 Å². The molecule has 6 heteroatoms. The SMILES string of the molecule is COc1cc2c(Oc3cccc(C(=O)NCc4cccc(F)c4)c3)ccnc2cc1C. The molecule has 0 spiro atoms. The molecule has 0 aliphatic rings. The molecule has 0 bridgehead atoms. The summed E-state index contributed by atoms with van der Waals surface area (Å²) in [5.41, 5.74) is 2.91. The van der Waals surface area contributed by atoms with Crippen LogP contribution < -0.4 is 14.8 Å². The second-order valence-electron chi connectivity index (χ2n) is 7.09. The van der Waals surface area contributed by atoms with Crippen molar-refractivity contribution in [2.75, 3.05) is 7.11 Å². The van der Waals surface area contributed by atoms with Crippen molar-refractivity contribution in [1.29, 1.82) is 0 Å². The number of amides is 1. The van der Waals surface area contributed by atoms with Crippen molar-refractivity contribution in [3.63, 3.8) is 0 Å². The number of pyridine rings is 1. The lowest BCUT2D eigenvalue weighted by Crippen LogP contribution is -2.22. The fourth-order valence-electron chi connectivity index (χ4n) is 3.32. The van der Waals surface area contributed by atoms with Gasteiger partial charge in [0, 0.05) is 23.7 Å². The minimum atomic E-state index is -0.335. The van der Waals surface area contributed by atoms with E-state index in [0.29, 0.717) is 22.6 Å². The topological polar surface area (TPSA) is 60.5 Å². The number of aryl methyl sites for hydroxylation is 1. The van der Waals surface area contributed by atoms with Crippen LogP contribution in [0.2, 0.25) is 0 Å². The van der Waals surface area contributed by atoms with Gasteiger partial charge < -0.3 is 14.8 Å². The van der Waals surface area contributed by atoms with Crippen molar-refractivity contribution in [3.8, 4) is 17.2 Å². The molecule has 4 aromatic rings. The standard InChI is InChI=1S/C25H21FN2O3/c1-16-11-22-21(14-24(16)30-2)23(9-10-27-22)31-20-8-4-6-18(13-20)25(29)28-15-17-5-3-7-19(26)12-17/h3-14H,15H2,1-2H3,(H,28,29). The lowest BCUT2D eigenvalue weighted by molar-refractivity contribution is 0.0950. The van der Waals surface area contributed by atoms with Gasteiger partial charge in [0.2, 0.25) is 0 Å². The Bertz CT molecular complexity index is 1260. The Morgan fingerprint density at radius 2 is 1.87 bits per heavy atom. The highest BCUT2D eigenvalue weighted by Gasteiger charge is 2.11. The molecule has 156 valence electrons. The van der Waals surface area contributed by atoms with Gasteiger partial charge in [0.05, 0.1) is 12.6 Å². The molecule has 0 atom stereocenters. The van der Waals surface area contributed by atoms with Crippen molar-refractivity contribution >= 4 is 16.8 Å². The summed E-state index contributed by atoms with van der Waals surface area (Å²) in [5, 5.41) is 3.61. The van der Waals surface area contributed by atoms with Crippen LogP contribution in [-0.2, 0) is 6.54 Å². The molecule has 4 rings (SSSR count). The average molecular weight is 416 g/mol. The summed E-state index contributed by atoms with van der Waals surface area (Å²) in [7, 11) is 1.62. The van der Waals surface area contributed by atoms with E-state index in [4.69, 9.17) is 9.47 Å². The third kappa shape index (κ3) is 4.64. The van der Waals surface area contributed by atoms with E-state index in [1.54, 1.807) is 55.8 Å². The monoisotopic (exact) mass is 416 g/mol. The number of fused-ring (bicyclic) bond motifs is 1. The molecule has 5 nitrogen and oxygen atoms in total. The quantitative estimate of drug-likeness (QED) is 0.456. The van der Waals surface area contributed by atoms with Gasteiger partial charge in [0.15, 0.2) is 0 Å². The Labute approximate surface area is 179 Å². The normalized spacial score (nSPS) is 10.7. The highest BCUT2D eigenvalue weighted by Crippen LogP contribution is 2.33. The molecule has 0 saturated heterocycles. The first-order valence-electron chi connectivity index (χ1n) is 9.77. The lowest BCUT2D eigenvalue weighted by Gasteiger charge is -2.12. The Kier molecular flexibility index (Phi) is 5.80. The number of hydrogen-bond donors (Lipinski definition) is 1. The van der Waals surface area contributed by atoms with Gasteiger partial charge in [-0.2, -0.15) is 0 Å². The van der Waals surface area contributed by atoms with Crippen LogP contribution >= 0.6 is 0 Å². The van der Waals surface area contributed by atoms with E-state index in [9.17, 15) is 9.18 Å². The second-order valence-corrected chi connectivity index (χ2v) is 7.09. The van der Waals surface area contributed by atoms with Gasteiger partial charge in [-0.3, -0.25) is 9.78 Å². The van der Waals surface area contributed by atoms with E-state index in [-0.39, 0.29) is 18.3 Å². The maximum atomic E-state index is 13.3. The lowest BCUT2D eigenvalue weighted by atomic mass is 10.1. The fourth-order valence-corrected chi connectivity index (χ4v) is 3.32. The van der Waals surface area contributed by atoms with Crippen molar-refractivity contribution < 1.29 is 18.7 Å². The van der Waals surface area contributed by atoms with E-state index >= 15 is 0 Å². The number of aromatic nitrogens is 1. The van der Waals surface area contributed by atoms with Gasteiger partial charge in [-0.1, -0.05) is 18.2 Å². The van der Waals surface area contributed by atoms with Crippen LogP contribution in [0.5, 0.6) is 17.2 Å². The molecule has 3 aromatic carbocycles. The van der Waals surface area contributed by atoms with Crippen molar-refractivity contribution in [3.05, 3.63) is 95.4 Å². The van der Waals surface area contributed by atoms with Gasteiger partial charge in [-0.05, 0) is 66.6 Å². The number of carbonyl (C=O) groups is 1. The van der Waals surface area contributed by atoms with E-state index in [0.717, 1.165) is 22.2 Å². The third-order valence-electron chi connectivity index (χ3n) is 4.88. The maximum Gasteiger partial charge on any atom is 0.251 e. The molecule has 0 aliphatic heterocycles. The molecule has 1 heterocycles. The van der Waals surface area contributed by atoms with Crippen molar-refractivity contribution in [1.82, 2.24) is 10.3 Å². The van der Waals surface area contributed by atoms with Gasteiger partial charge in [-0.25, -0.2) is 4.39 Å². The van der Waals surface area contributed by atoms with E-state index in [1.807, 2.05) is 19.1 Å². The zero-order valence-electron chi connectivity index (χ0n) is 17.2. The minimum absolute atomic E-state index is 0.232. The van der Waals surface area contributed by atoms with E-state index in [1.165, 1.54) is 12.1 Å². The summed E-state index contributed by atoms with van der Waals surface area (Å²) in [4.78, 5) is 17.0. The summed E-state index contributed by atoms with van der Waals surface area (Å²) in [5.74, 6) is 1.27. The number of nitrogens with one attached hydrogen (secondary N) is 1. The summed E-state index contributed by atoms with van der Waals surface area (Å²) in [6, 6.07) is 18.6. The van der Waals surface area contributed by atoms with Gasteiger partial charge in [0.1, 0.15) is 23.1 Å². The summed E-state index contributed by atoms with van der Waals surface area (Å²) < 4.78 is 24.8. The molecular weight excluding hydrogens is 395 g/mol. The molecule has 1 N–H and O–H groups in total. The molecular formula is C25H21FN2O3. The highest BCUT2D eigenvalue weighted by atomic mass is 19.1. The van der Waals surface area contributed by atoms with Crippen LogP contribution in [0.4, 0.5) is 4.39 Å². The van der Waals surface area contributed by atoms with Crippen LogP contribution in [0.3, 0.4) is 0 Å². The number of nitrogens with zero attached hydrogens (tertiary/aromatic N) is 1. The molecule has 0 radical (unpaired) electrons. The molecule has 0 unspecified atom stereocenters. The second kappa shape index (κ2) is 8.83. The number of benzene rings is 3. The molecule has 31 heavy (non-hydrogen) atoms. The maximum absolute atomic E-state index is 13.3.